The highest BCUT2D eigenvalue weighted by Crippen LogP contribution is 2.49. The van der Waals surface area contributed by atoms with Crippen molar-refractivity contribution in [2.45, 2.75) is 23.3 Å². The van der Waals surface area contributed by atoms with Gasteiger partial charge in [0.05, 0.1) is 0 Å². The zero-order valence-electron chi connectivity index (χ0n) is 11.8. The molecule has 3 heterocycles. The van der Waals surface area contributed by atoms with Gasteiger partial charge in [-0.05, 0) is 24.7 Å². The minimum Gasteiger partial charge on any atom is -0.152 e. The lowest BCUT2D eigenvalue weighted by atomic mass is 10.2. The Morgan fingerprint density at radius 3 is 1.55 bits per heavy atom. The second-order valence-electron chi connectivity index (χ2n) is 5.84. The predicted molar refractivity (Wildman–Crippen MR) is 108 cm³/mol. The van der Waals surface area contributed by atoms with Crippen LogP contribution < -0.4 is 0 Å². The van der Waals surface area contributed by atoms with Crippen molar-refractivity contribution in [2.24, 2.45) is 0 Å². The minimum absolute atomic E-state index is 0.464. The van der Waals surface area contributed by atoms with Crippen LogP contribution in [0.1, 0.15) is 13.8 Å². The molecule has 0 nitrogen and oxygen atoms in total. The van der Waals surface area contributed by atoms with Gasteiger partial charge in [0.2, 0.25) is 0 Å². The quantitative estimate of drug-likeness (QED) is 0.581. The van der Waals surface area contributed by atoms with E-state index in [0.29, 0.717) is 9.49 Å². The summed E-state index contributed by atoms with van der Waals surface area (Å²) in [5.74, 6) is 7.66. The second kappa shape index (κ2) is 7.00. The van der Waals surface area contributed by atoms with Crippen molar-refractivity contribution in [3.8, 4) is 0 Å². The molecule has 0 radical (unpaired) electrons. The van der Waals surface area contributed by atoms with Gasteiger partial charge >= 0.3 is 0 Å². The van der Waals surface area contributed by atoms with Gasteiger partial charge in [0.15, 0.2) is 0 Å². The second-order valence-corrected chi connectivity index (χ2v) is 12.9. The number of thioether (sulfide) groups is 6. The maximum Gasteiger partial charge on any atom is 0.0316 e. The van der Waals surface area contributed by atoms with Crippen LogP contribution in [0.25, 0.3) is 0 Å². The molecule has 3 aliphatic heterocycles. The third-order valence-corrected chi connectivity index (χ3v) is 13.1. The van der Waals surface area contributed by atoms with Gasteiger partial charge < -0.3 is 0 Å². The van der Waals surface area contributed by atoms with Crippen LogP contribution in [0.5, 0.6) is 0 Å². The first-order valence-electron chi connectivity index (χ1n) is 6.72. The smallest absolute Gasteiger partial charge is 0.0316 e. The Bertz CT molecular complexity index is 379. The maximum absolute atomic E-state index is 2.46. The molecule has 1 fully saturated rings. The van der Waals surface area contributed by atoms with Gasteiger partial charge in [-0.15, -0.1) is 47.0 Å². The van der Waals surface area contributed by atoms with Gasteiger partial charge in [0, 0.05) is 53.8 Å². The average molecular weight is 381 g/mol. The van der Waals surface area contributed by atoms with Crippen LogP contribution in [-0.4, -0.2) is 44.0 Å². The fourth-order valence-electron chi connectivity index (χ4n) is 1.85. The minimum atomic E-state index is 0.464. The van der Waals surface area contributed by atoms with Gasteiger partial charge in [0.25, 0.3) is 0 Å². The SMILES string of the molecule is CC1(CSC2=CSC2)CSC(C)(CSC2=CSC2)CS1. The molecule has 0 amide bonds. The highest BCUT2D eigenvalue weighted by Gasteiger charge is 2.39. The summed E-state index contributed by atoms with van der Waals surface area (Å²) in [6.45, 7) is 4.92. The van der Waals surface area contributed by atoms with E-state index in [-0.39, 0.29) is 0 Å². The summed E-state index contributed by atoms with van der Waals surface area (Å²) in [6, 6.07) is 0. The monoisotopic (exact) mass is 380 g/mol. The molecular weight excluding hydrogens is 361 g/mol. The zero-order chi connectivity index (χ0) is 14.1. The number of hydrogen-bond donors (Lipinski definition) is 0. The first kappa shape index (κ1) is 16.4. The molecule has 1 saturated heterocycles. The van der Waals surface area contributed by atoms with E-state index in [0.717, 1.165) is 0 Å². The summed E-state index contributed by atoms with van der Waals surface area (Å²) in [4.78, 5) is 3.19. The Labute approximate surface area is 148 Å². The number of rotatable bonds is 6. The molecule has 3 rings (SSSR count). The lowest BCUT2D eigenvalue weighted by Crippen LogP contribution is -2.41. The summed E-state index contributed by atoms with van der Waals surface area (Å²) < 4.78 is 0.929. The normalized spacial score (nSPS) is 36.7. The van der Waals surface area contributed by atoms with Gasteiger partial charge in [-0.25, -0.2) is 0 Å². The summed E-state index contributed by atoms with van der Waals surface area (Å²) in [5, 5.41) is 4.64. The summed E-state index contributed by atoms with van der Waals surface area (Å²) >= 11 is 12.5. The van der Waals surface area contributed by atoms with Crippen LogP contribution in [-0.2, 0) is 0 Å². The number of hydrogen-bond acceptors (Lipinski definition) is 6. The zero-order valence-corrected chi connectivity index (χ0v) is 16.7. The Balaban J connectivity index is 1.44. The van der Waals surface area contributed by atoms with Crippen LogP contribution in [0, 0.1) is 0 Å². The van der Waals surface area contributed by atoms with Crippen molar-refractivity contribution in [2.75, 3.05) is 34.5 Å². The molecule has 0 aromatic carbocycles. The molecule has 0 bridgehead atoms. The van der Waals surface area contributed by atoms with Crippen LogP contribution in [0.3, 0.4) is 0 Å². The summed E-state index contributed by atoms with van der Waals surface area (Å²) in [7, 11) is 0. The van der Waals surface area contributed by atoms with Crippen LogP contribution >= 0.6 is 70.6 Å². The van der Waals surface area contributed by atoms with Gasteiger partial charge in [-0.3, -0.25) is 0 Å². The van der Waals surface area contributed by atoms with E-state index in [1.807, 2.05) is 23.5 Å². The lowest BCUT2D eigenvalue weighted by Gasteiger charge is -2.42. The molecular formula is C14H20S6. The van der Waals surface area contributed by atoms with Crippen LogP contribution in [0.2, 0.25) is 0 Å². The Morgan fingerprint density at radius 1 is 0.900 bits per heavy atom. The Morgan fingerprint density at radius 2 is 1.30 bits per heavy atom. The first-order chi connectivity index (χ1) is 9.57. The molecule has 3 aliphatic rings. The van der Waals surface area contributed by atoms with Crippen LogP contribution in [0.4, 0.5) is 0 Å². The highest BCUT2D eigenvalue weighted by molar-refractivity contribution is 8.13. The molecule has 0 aromatic rings. The maximum atomic E-state index is 2.46. The molecule has 0 saturated carbocycles. The molecule has 0 spiro atoms. The van der Waals surface area contributed by atoms with Crippen molar-refractivity contribution in [1.82, 2.24) is 0 Å². The molecule has 0 N–H and O–H groups in total. The van der Waals surface area contributed by atoms with Gasteiger partial charge in [-0.2, -0.15) is 23.5 Å². The van der Waals surface area contributed by atoms with Crippen molar-refractivity contribution in [3.05, 3.63) is 20.6 Å². The van der Waals surface area contributed by atoms with Crippen molar-refractivity contribution in [3.63, 3.8) is 0 Å². The van der Waals surface area contributed by atoms with Crippen LogP contribution in [0.15, 0.2) is 20.6 Å². The van der Waals surface area contributed by atoms with E-state index >= 15 is 0 Å². The van der Waals surface area contributed by atoms with E-state index in [4.69, 9.17) is 0 Å². The molecule has 0 aliphatic carbocycles. The van der Waals surface area contributed by atoms with E-state index < -0.39 is 0 Å². The topological polar surface area (TPSA) is 0 Å². The van der Waals surface area contributed by atoms with Gasteiger partial charge in [-0.1, -0.05) is 0 Å². The third kappa shape index (κ3) is 4.31. The van der Waals surface area contributed by atoms with E-state index in [9.17, 15) is 0 Å². The summed E-state index contributed by atoms with van der Waals surface area (Å²) in [6.07, 6.45) is 0. The molecule has 2 unspecified atom stereocenters. The molecule has 2 atom stereocenters. The highest BCUT2D eigenvalue weighted by atomic mass is 32.2. The van der Waals surface area contributed by atoms with Crippen molar-refractivity contribution in [1.29, 1.82) is 0 Å². The fraction of sp³-hybridized carbons (Fsp3) is 0.714. The van der Waals surface area contributed by atoms with Gasteiger partial charge in [0.1, 0.15) is 0 Å². The average Bonchev–Trinajstić information content (AvgIpc) is 2.30. The molecule has 20 heavy (non-hydrogen) atoms. The lowest BCUT2D eigenvalue weighted by molar-refractivity contribution is 0.758. The van der Waals surface area contributed by atoms with E-state index in [2.05, 4.69) is 71.7 Å². The Kier molecular flexibility index (Phi) is 5.75. The molecule has 112 valence electrons. The molecule has 0 aromatic heterocycles. The van der Waals surface area contributed by atoms with Crippen molar-refractivity contribution >= 4 is 70.6 Å². The Hall–Kier alpha value is 1.58. The summed E-state index contributed by atoms with van der Waals surface area (Å²) in [5.41, 5.74) is 0. The first-order valence-corrected chi connectivity index (χ1v) is 12.8. The molecule has 6 heteroatoms. The third-order valence-electron chi connectivity index (χ3n) is 3.46. The standard InChI is InChI=1S/C14H20S6/c1-13(7-17-11-3-15-4-11)9-20-14(2,10-19-13)8-18-12-5-16-6-12/h3,5H,4,6-10H2,1-2H3. The fourth-order valence-corrected chi connectivity index (χ4v) is 9.48. The van der Waals surface area contributed by atoms with Crippen molar-refractivity contribution < 1.29 is 0 Å². The van der Waals surface area contributed by atoms with E-state index in [1.54, 1.807) is 9.81 Å². The van der Waals surface area contributed by atoms with E-state index in [1.165, 1.54) is 34.5 Å². The predicted octanol–water partition coefficient (Wildman–Crippen LogP) is 5.63. The largest absolute Gasteiger partial charge is 0.152 e.